The molecule has 3 rings (SSSR count). The van der Waals surface area contributed by atoms with E-state index in [0.717, 1.165) is 16.8 Å². The van der Waals surface area contributed by atoms with Crippen LogP contribution in [-0.4, -0.2) is 12.3 Å². The molecule has 24 heavy (non-hydrogen) atoms. The van der Waals surface area contributed by atoms with Gasteiger partial charge in [-0.3, -0.25) is 4.79 Å². The quantitative estimate of drug-likeness (QED) is 0.823. The van der Waals surface area contributed by atoms with Crippen LogP contribution in [0, 0.1) is 6.92 Å². The Bertz CT molecular complexity index is 812. The molecule has 0 aromatic heterocycles. The van der Waals surface area contributed by atoms with Gasteiger partial charge in [0.1, 0.15) is 5.75 Å². The summed E-state index contributed by atoms with van der Waals surface area (Å²) in [5.41, 5.74) is 3.51. The van der Waals surface area contributed by atoms with Gasteiger partial charge in [0.05, 0.1) is 5.57 Å². The summed E-state index contributed by atoms with van der Waals surface area (Å²) in [6, 6.07) is 10.8. The zero-order chi connectivity index (χ0) is 17.3. The largest absolute Gasteiger partial charge is 0.573 e. The van der Waals surface area contributed by atoms with Crippen LogP contribution in [0.3, 0.4) is 0 Å². The number of hydrogen-bond donors (Lipinski definition) is 2. The highest BCUT2D eigenvalue weighted by Gasteiger charge is 2.31. The molecule has 1 heterocycles. The third-order valence-corrected chi connectivity index (χ3v) is 3.51. The number of benzene rings is 2. The number of alkyl halides is 3. The first kappa shape index (κ1) is 15.9. The molecule has 7 heteroatoms. The molecule has 0 radical (unpaired) electrons. The number of nitrogens with one attached hydrogen (secondary N) is 2. The van der Waals surface area contributed by atoms with Gasteiger partial charge in [0.2, 0.25) is 0 Å². The third-order valence-electron chi connectivity index (χ3n) is 3.51. The van der Waals surface area contributed by atoms with E-state index in [9.17, 15) is 18.0 Å². The van der Waals surface area contributed by atoms with Gasteiger partial charge in [-0.15, -0.1) is 13.2 Å². The molecule has 0 bridgehead atoms. The number of anilines is 2. The molecule has 0 unspecified atom stereocenters. The first-order valence-electron chi connectivity index (χ1n) is 7.07. The van der Waals surface area contributed by atoms with Crippen LogP contribution in [0.1, 0.15) is 11.1 Å². The molecule has 2 N–H and O–H groups in total. The van der Waals surface area contributed by atoms with Crippen molar-refractivity contribution in [1.29, 1.82) is 0 Å². The zero-order valence-electron chi connectivity index (χ0n) is 12.6. The fourth-order valence-corrected chi connectivity index (χ4v) is 2.48. The summed E-state index contributed by atoms with van der Waals surface area (Å²) >= 11 is 0. The predicted molar refractivity (Wildman–Crippen MR) is 84.5 cm³/mol. The molecule has 124 valence electrons. The first-order chi connectivity index (χ1) is 11.3. The number of rotatable bonds is 3. The van der Waals surface area contributed by atoms with Gasteiger partial charge in [0.15, 0.2) is 0 Å². The highest BCUT2D eigenvalue weighted by atomic mass is 19.4. The summed E-state index contributed by atoms with van der Waals surface area (Å²) < 4.78 is 40.2. The lowest BCUT2D eigenvalue weighted by Gasteiger charge is -2.09. The fourth-order valence-electron chi connectivity index (χ4n) is 2.48. The number of fused-ring (bicyclic) bond motifs is 1. The third kappa shape index (κ3) is 3.34. The standard InChI is InChI=1S/C17H13F3N2O2/c1-10-3-2-4-14-15(10)13(16(23)22-14)9-21-11-5-7-12(8-6-11)24-17(18,19)20/h2-9,21H,1H3,(H,22,23). The molecule has 2 aromatic rings. The summed E-state index contributed by atoms with van der Waals surface area (Å²) in [7, 11) is 0. The molecule has 0 saturated heterocycles. The van der Waals surface area contributed by atoms with Crippen molar-refractivity contribution >= 4 is 22.9 Å². The topological polar surface area (TPSA) is 50.4 Å². The van der Waals surface area contributed by atoms with Crippen LogP contribution in [0.25, 0.3) is 5.57 Å². The van der Waals surface area contributed by atoms with Crippen LogP contribution in [0.15, 0.2) is 48.7 Å². The van der Waals surface area contributed by atoms with Gasteiger partial charge in [0, 0.05) is 23.1 Å². The summed E-state index contributed by atoms with van der Waals surface area (Å²) in [6.45, 7) is 1.90. The Morgan fingerprint density at radius 3 is 2.50 bits per heavy atom. The van der Waals surface area contributed by atoms with Gasteiger partial charge in [-0.1, -0.05) is 12.1 Å². The van der Waals surface area contributed by atoms with E-state index < -0.39 is 6.36 Å². The molecule has 4 nitrogen and oxygen atoms in total. The van der Waals surface area contributed by atoms with E-state index in [1.54, 1.807) is 0 Å². The lowest BCUT2D eigenvalue weighted by atomic mass is 10.0. The zero-order valence-corrected chi connectivity index (χ0v) is 12.6. The Morgan fingerprint density at radius 2 is 1.83 bits per heavy atom. The minimum atomic E-state index is -4.72. The van der Waals surface area contributed by atoms with Crippen molar-refractivity contribution in [3.05, 3.63) is 59.8 Å². The summed E-state index contributed by atoms with van der Waals surface area (Å²) in [6.07, 6.45) is -3.19. The fraction of sp³-hybridized carbons (Fsp3) is 0.118. The van der Waals surface area contributed by atoms with E-state index in [4.69, 9.17) is 0 Å². The van der Waals surface area contributed by atoms with Crippen LogP contribution in [0.5, 0.6) is 5.75 Å². The van der Waals surface area contributed by atoms with Crippen molar-refractivity contribution in [3.8, 4) is 5.75 Å². The molecule has 1 aliphatic heterocycles. The second-order valence-corrected chi connectivity index (χ2v) is 5.23. The van der Waals surface area contributed by atoms with Crippen molar-refractivity contribution in [1.82, 2.24) is 0 Å². The Labute approximate surface area is 135 Å². The van der Waals surface area contributed by atoms with Gasteiger partial charge in [-0.05, 0) is 42.8 Å². The Balaban J connectivity index is 1.78. The van der Waals surface area contributed by atoms with Gasteiger partial charge in [-0.2, -0.15) is 0 Å². The van der Waals surface area contributed by atoms with E-state index in [0.29, 0.717) is 11.3 Å². The van der Waals surface area contributed by atoms with E-state index in [2.05, 4.69) is 15.4 Å². The Morgan fingerprint density at radius 1 is 1.12 bits per heavy atom. The van der Waals surface area contributed by atoms with Crippen molar-refractivity contribution in [3.63, 3.8) is 0 Å². The molecule has 2 aromatic carbocycles. The maximum absolute atomic E-state index is 12.1. The van der Waals surface area contributed by atoms with Crippen LogP contribution in [-0.2, 0) is 4.79 Å². The number of halogens is 3. The molecule has 0 saturated carbocycles. The van der Waals surface area contributed by atoms with Crippen molar-refractivity contribution < 1.29 is 22.7 Å². The van der Waals surface area contributed by atoms with Crippen molar-refractivity contribution in [2.24, 2.45) is 0 Å². The highest BCUT2D eigenvalue weighted by Crippen LogP contribution is 2.34. The average Bonchev–Trinajstić information content (AvgIpc) is 2.82. The lowest BCUT2D eigenvalue weighted by Crippen LogP contribution is -2.16. The summed E-state index contributed by atoms with van der Waals surface area (Å²) in [4.78, 5) is 12.1. The minimum Gasteiger partial charge on any atom is -0.406 e. The number of aryl methyl sites for hydroxylation is 1. The molecule has 1 aliphatic rings. The highest BCUT2D eigenvalue weighted by molar-refractivity contribution is 6.32. The first-order valence-corrected chi connectivity index (χ1v) is 7.07. The van der Waals surface area contributed by atoms with E-state index in [-0.39, 0.29) is 11.7 Å². The van der Waals surface area contributed by atoms with Crippen LogP contribution in [0.2, 0.25) is 0 Å². The maximum atomic E-state index is 12.1. The normalized spacial score (nSPS) is 15.2. The maximum Gasteiger partial charge on any atom is 0.573 e. The van der Waals surface area contributed by atoms with Crippen LogP contribution < -0.4 is 15.4 Å². The molecule has 0 fully saturated rings. The van der Waals surface area contributed by atoms with Gasteiger partial charge >= 0.3 is 6.36 Å². The number of hydrogen-bond acceptors (Lipinski definition) is 3. The van der Waals surface area contributed by atoms with E-state index in [1.165, 1.54) is 30.5 Å². The average molecular weight is 334 g/mol. The minimum absolute atomic E-state index is 0.233. The van der Waals surface area contributed by atoms with Gasteiger partial charge in [0.25, 0.3) is 5.91 Å². The number of carbonyl (C=O) groups is 1. The molecule has 0 aliphatic carbocycles. The molecular formula is C17H13F3N2O2. The van der Waals surface area contributed by atoms with Crippen molar-refractivity contribution in [2.45, 2.75) is 13.3 Å². The molecule has 1 amide bonds. The summed E-state index contributed by atoms with van der Waals surface area (Å²) in [5, 5.41) is 5.68. The lowest BCUT2D eigenvalue weighted by molar-refractivity contribution is -0.274. The Kier molecular flexibility index (Phi) is 3.92. The van der Waals surface area contributed by atoms with Gasteiger partial charge in [-0.25, -0.2) is 0 Å². The number of ether oxygens (including phenoxy) is 1. The smallest absolute Gasteiger partial charge is 0.406 e. The van der Waals surface area contributed by atoms with E-state index in [1.807, 2.05) is 25.1 Å². The number of amides is 1. The van der Waals surface area contributed by atoms with Crippen LogP contribution in [0.4, 0.5) is 24.5 Å². The predicted octanol–water partition coefficient (Wildman–Crippen LogP) is 4.30. The summed E-state index contributed by atoms with van der Waals surface area (Å²) in [5.74, 6) is -0.538. The SMILES string of the molecule is Cc1cccc2c1C(=CNc1ccc(OC(F)(F)F)cc1)C(=O)N2. The van der Waals surface area contributed by atoms with Crippen molar-refractivity contribution in [2.75, 3.05) is 10.6 Å². The molecular weight excluding hydrogens is 321 g/mol. The Hall–Kier alpha value is -2.96. The van der Waals surface area contributed by atoms with Crippen LogP contribution >= 0.6 is 0 Å². The van der Waals surface area contributed by atoms with Gasteiger partial charge < -0.3 is 15.4 Å². The molecule has 0 atom stereocenters. The monoisotopic (exact) mass is 334 g/mol. The van der Waals surface area contributed by atoms with E-state index >= 15 is 0 Å². The molecule has 0 spiro atoms. The number of carbonyl (C=O) groups excluding carboxylic acids is 1. The second kappa shape index (κ2) is 5.92. The second-order valence-electron chi connectivity index (χ2n) is 5.23.